The molecule has 3 nitrogen and oxygen atoms in total. The number of sulfone groups is 1. The molecule has 1 aliphatic rings. The molecule has 118 valence electrons. The summed E-state index contributed by atoms with van der Waals surface area (Å²) >= 11 is 0. The van der Waals surface area contributed by atoms with Gasteiger partial charge in [-0.2, -0.15) is 0 Å². The van der Waals surface area contributed by atoms with Crippen LogP contribution in [0.25, 0.3) is 0 Å². The van der Waals surface area contributed by atoms with Gasteiger partial charge in [0.1, 0.15) is 0 Å². The summed E-state index contributed by atoms with van der Waals surface area (Å²) in [5.41, 5.74) is 1.15. The third-order valence-electron chi connectivity index (χ3n) is 4.48. The van der Waals surface area contributed by atoms with Gasteiger partial charge in [0.15, 0.2) is 9.84 Å². The molecule has 2 rings (SSSR count). The van der Waals surface area contributed by atoms with Gasteiger partial charge < -0.3 is 4.74 Å². The number of rotatable bonds is 4. The molecule has 1 aromatic carbocycles. The molecule has 0 atom stereocenters. The van der Waals surface area contributed by atoms with Crippen LogP contribution in [0.3, 0.4) is 0 Å². The lowest BCUT2D eigenvalue weighted by molar-refractivity contribution is 0.0711. The fraction of sp³-hybridized carbons (Fsp3) is 0.647. The average Bonchev–Trinajstić information content (AvgIpc) is 2.37. The molecule has 1 fully saturated rings. The average molecular weight is 310 g/mol. The minimum atomic E-state index is -3.10. The molecule has 0 bridgehead atoms. The zero-order valence-corrected chi connectivity index (χ0v) is 14.2. The van der Waals surface area contributed by atoms with Gasteiger partial charge >= 0.3 is 0 Å². The fourth-order valence-electron chi connectivity index (χ4n) is 3.47. The first kappa shape index (κ1) is 16.5. The van der Waals surface area contributed by atoms with Crippen molar-refractivity contribution in [3.8, 4) is 0 Å². The van der Waals surface area contributed by atoms with Gasteiger partial charge in [-0.3, -0.25) is 0 Å². The molecule has 4 heteroatoms. The molecule has 0 unspecified atom stereocenters. The lowest BCUT2D eigenvalue weighted by atomic mass is 9.88. The summed E-state index contributed by atoms with van der Waals surface area (Å²) in [6.45, 7) is 8.57. The van der Waals surface area contributed by atoms with Crippen LogP contribution >= 0.6 is 0 Å². The second-order valence-electron chi connectivity index (χ2n) is 7.30. The SMILES string of the molecule is CC1(C)CC(COCc2ccccc2)CC(C)(C)S1(=O)=O. The molecule has 0 saturated carbocycles. The zero-order valence-electron chi connectivity index (χ0n) is 13.4. The van der Waals surface area contributed by atoms with Crippen molar-refractivity contribution in [2.24, 2.45) is 5.92 Å². The Labute approximate surface area is 128 Å². The van der Waals surface area contributed by atoms with E-state index < -0.39 is 19.3 Å². The predicted molar refractivity (Wildman–Crippen MR) is 85.9 cm³/mol. The molecule has 0 amide bonds. The number of hydrogen-bond acceptors (Lipinski definition) is 3. The van der Waals surface area contributed by atoms with Crippen molar-refractivity contribution in [1.29, 1.82) is 0 Å². The monoisotopic (exact) mass is 310 g/mol. The molecule has 0 spiro atoms. The minimum Gasteiger partial charge on any atom is -0.376 e. The fourth-order valence-corrected chi connectivity index (χ4v) is 5.87. The van der Waals surface area contributed by atoms with Gasteiger partial charge in [0.05, 0.1) is 16.1 Å². The number of ether oxygens (including phenoxy) is 1. The van der Waals surface area contributed by atoms with E-state index >= 15 is 0 Å². The van der Waals surface area contributed by atoms with E-state index in [1.807, 2.05) is 58.0 Å². The smallest absolute Gasteiger partial charge is 0.160 e. The second kappa shape index (κ2) is 5.73. The van der Waals surface area contributed by atoms with Crippen LogP contribution in [0.4, 0.5) is 0 Å². The first-order chi connectivity index (χ1) is 9.66. The van der Waals surface area contributed by atoms with Crippen molar-refractivity contribution in [3.05, 3.63) is 35.9 Å². The summed E-state index contributed by atoms with van der Waals surface area (Å²) in [6, 6.07) is 10.1. The summed E-state index contributed by atoms with van der Waals surface area (Å²) < 4.78 is 29.6. The van der Waals surface area contributed by atoms with Crippen LogP contribution in [0.1, 0.15) is 46.1 Å². The number of hydrogen-bond donors (Lipinski definition) is 0. The summed E-state index contributed by atoms with van der Waals surface area (Å²) in [6.07, 6.45) is 1.35. The Morgan fingerprint density at radius 1 is 1.05 bits per heavy atom. The summed E-state index contributed by atoms with van der Waals surface area (Å²) in [5.74, 6) is 0.294. The minimum absolute atomic E-state index is 0.294. The van der Waals surface area contributed by atoms with E-state index in [2.05, 4.69) is 0 Å². The van der Waals surface area contributed by atoms with E-state index in [1.165, 1.54) is 0 Å². The van der Waals surface area contributed by atoms with E-state index in [1.54, 1.807) is 0 Å². The van der Waals surface area contributed by atoms with Crippen molar-refractivity contribution in [3.63, 3.8) is 0 Å². The van der Waals surface area contributed by atoms with Crippen LogP contribution in [0.15, 0.2) is 30.3 Å². The van der Waals surface area contributed by atoms with E-state index in [0.717, 1.165) is 5.56 Å². The summed E-state index contributed by atoms with van der Waals surface area (Å²) in [4.78, 5) is 0. The van der Waals surface area contributed by atoms with Crippen LogP contribution in [0.5, 0.6) is 0 Å². The molecule has 1 aliphatic heterocycles. The highest BCUT2D eigenvalue weighted by atomic mass is 32.2. The maximum atomic E-state index is 12.6. The number of benzene rings is 1. The Bertz CT molecular complexity index is 549. The molecular formula is C17H26O3S. The van der Waals surface area contributed by atoms with E-state index in [-0.39, 0.29) is 0 Å². The first-order valence-electron chi connectivity index (χ1n) is 7.52. The Balaban J connectivity index is 1.97. The standard InChI is InChI=1S/C17H26O3S/c1-16(2)10-15(11-17(3,4)21(16,18)19)13-20-12-14-8-6-5-7-9-14/h5-9,15H,10-13H2,1-4H3. The highest BCUT2D eigenvalue weighted by Crippen LogP contribution is 2.44. The van der Waals surface area contributed by atoms with Gasteiger partial charge in [-0.1, -0.05) is 30.3 Å². The Morgan fingerprint density at radius 3 is 2.10 bits per heavy atom. The van der Waals surface area contributed by atoms with Crippen molar-refractivity contribution in [2.45, 2.75) is 56.6 Å². The topological polar surface area (TPSA) is 43.4 Å². The third-order valence-corrected chi connectivity index (χ3v) is 7.72. The lowest BCUT2D eigenvalue weighted by Crippen LogP contribution is -2.52. The van der Waals surface area contributed by atoms with E-state index in [4.69, 9.17) is 4.74 Å². The van der Waals surface area contributed by atoms with Crippen LogP contribution in [0.2, 0.25) is 0 Å². The summed E-state index contributed by atoms with van der Waals surface area (Å²) in [7, 11) is -3.10. The largest absolute Gasteiger partial charge is 0.376 e. The molecule has 1 saturated heterocycles. The van der Waals surface area contributed by atoms with Crippen LogP contribution in [-0.4, -0.2) is 24.5 Å². The van der Waals surface area contributed by atoms with Gasteiger partial charge in [-0.25, -0.2) is 8.42 Å². The van der Waals surface area contributed by atoms with Crippen molar-refractivity contribution < 1.29 is 13.2 Å². The van der Waals surface area contributed by atoms with Crippen molar-refractivity contribution >= 4 is 9.84 Å². The van der Waals surface area contributed by atoms with Crippen molar-refractivity contribution in [2.75, 3.05) is 6.61 Å². The van der Waals surface area contributed by atoms with Gasteiger partial charge in [0.2, 0.25) is 0 Å². The maximum Gasteiger partial charge on any atom is 0.160 e. The molecule has 0 aromatic heterocycles. The highest BCUT2D eigenvalue weighted by Gasteiger charge is 2.51. The van der Waals surface area contributed by atoms with Gasteiger partial charge in [-0.05, 0) is 52.0 Å². The zero-order chi connectivity index (χ0) is 15.7. The third kappa shape index (κ3) is 3.32. The lowest BCUT2D eigenvalue weighted by Gasteiger charge is -2.44. The van der Waals surface area contributed by atoms with Crippen LogP contribution in [0, 0.1) is 5.92 Å². The van der Waals surface area contributed by atoms with Gasteiger partial charge in [0.25, 0.3) is 0 Å². The molecule has 0 N–H and O–H groups in total. The predicted octanol–water partition coefficient (Wildman–Crippen LogP) is 3.59. The van der Waals surface area contributed by atoms with Crippen molar-refractivity contribution in [1.82, 2.24) is 0 Å². The maximum absolute atomic E-state index is 12.6. The quantitative estimate of drug-likeness (QED) is 0.853. The van der Waals surface area contributed by atoms with Crippen LogP contribution in [-0.2, 0) is 21.2 Å². The molecule has 1 aromatic rings. The normalized spacial score (nSPS) is 23.8. The second-order valence-corrected chi connectivity index (χ2v) is 10.5. The molecule has 0 radical (unpaired) electrons. The van der Waals surface area contributed by atoms with Gasteiger partial charge in [0, 0.05) is 6.61 Å². The van der Waals surface area contributed by atoms with Crippen LogP contribution < -0.4 is 0 Å². The van der Waals surface area contributed by atoms with E-state index in [9.17, 15) is 8.42 Å². The Kier molecular flexibility index (Phi) is 4.50. The Hall–Kier alpha value is -0.870. The molecule has 0 aliphatic carbocycles. The summed E-state index contributed by atoms with van der Waals surface area (Å²) in [5, 5.41) is 0. The molecule has 1 heterocycles. The molecule has 21 heavy (non-hydrogen) atoms. The highest BCUT2D eigenvalue weighted by molar-refractivity contribution is 7.94. The molecular weight excluding hydrogens is 284 g/mol. The Morgan fingerprint density at radius 2 is 1.57 bits per heavy atom. The van der Waals surface area contributed by atoms with E-state index in [0.29, 0.717) is 32.0 Å². The first-order valence-corrected chi connectivity index (χ1v) is 9.00. The van der Waals surface area contributed by atoms with Gasteiger partial charge in [-0.15, -0.1) is 0 Å².